The number of hydrogen-bond acceptors (Lipinski definition) is 2. The highest BCUT2D eigenvalue weighted by molar-refractivity contribution is 9.10. The van der Waals surface area contributed by atoms with Crippen LogP contribution in [-0.4, -0.2) is 14.3 Å². The third-order valence-electron chi connectivity index (χ3n) is 4.38. The molecule has 130 valence electrons. The second-order valence-corrected chi connectivity index (χ2v) is 9.22. The lowest BCUT2D eigenvalue weighted by Gasteiger charge is -2.30. The summed E-state index contributed by atoms with van der Waals surface area (Å²) in [5, 5.41) is 0. The summed E-state index contributed by atoms with van der Waals surface area (Å²) in [7, 11) is 0. The standard InChI is InChI=1S/C21H23BrN2S/c1-17-5-3-4-6-20(17)25-21(2,15-24-14-13-23-16-24)12-11-18-7-9-19(22)10-8-18/h3-10,13-14,16H,11-12,15H2,1-2H3. The number of benzene rings is 2. The third kappa shape index (κ3) is 5.23. The van der Waals surface area contributed by atoms with Crippen LogP contribution in [0.2, 0.25) is 0 Å². The molecule has 0 N–H and O–H groups in total. The van der Waals surface area contributed by atoms with E-state index in [4.69, 9.17) is 0 Å². The van der Waals surface area contributed by atoms with Crippen LogP contribution in [0.25, 0.3) is 0 Å². The molecule has 0 amide bonds. The molecule has 1 heterocycles. The Morgan fingerprint density at radius 2 is 1.88 bits per heavy atom. The van der Waals surface area contributed by atoms with Crippen molar-refractivity contribution in [1.82, 2.24) is 9.55 Å². The van der Waals surface area contributed by atoms with Crippen LogP contribution in [0, 0.1) is 6.92 Å². The fraction of sp³-hybridized carbons (Fsp3) is 0.286. The number of aromatic nitrogens is 2. The molecule has 1 aromatic heterocycles. The Bertz CT molecular complexity index is 799. The Morgan fingerprint density at radius 3 is 2.56 bits per heavy atom. The summed E-state index contributed by atoms with van der Waals surface area (Å²) in [6, 6.07) is 17.3. The van der Waals surface area contributed by atoms with Crippen molar-refractivity contribution in [3.05, 3.63) is 82.9 Å². The van der Waals surface area contributed by atoms with Crippen LogP contribution in [0.3, 0.4) is 0 Å². The molecule has 1 unspecified atom stereocenters. The summed E-state index contributed by atoms with van der Waals surface area (Å²) < 4.78 is 3.42. The molecule has 25 heavy (non-hydrogen) atoms. The van der Waals surface area contributed by atoms with Gasteiger partial charge in [0.1, 0.15) is 0 Å². The van der Waals surface area contributed by atoms with Crippen LogP contribution in [-0.2, 0) is 13.0 Å². The van der Waals surface area contributed by atoms with Gasteiger partial charge in [-0.05, 0) is 56.0 Å². The summed E-state index contributed by atoms with van der Waals surface area (Å²) in [4.78, 5) is 5.57. The summed E-state index contributed by atoms with van der Waals surface area (Å²) in [6.45, 7) is 5.50. The molecule has 1 atom stereocenters. The van der Waals surface area contributed by atoms with E-state index in [0.29, 0.717) is 0 Å². The molecule has 2 aromatic carbocycles. The minimum absolute atomic E-state index is 0.0971. The van der Waals surface area contributed by atoms with Gasteiger partial charge < -0.3 is 4.57 Å². The van der Waals surface area contributed by atoms with Crippen LogP contribution in [0.1, 0.15) is 24.5 Å². The Kier molecular flexibility index (Phi) is 6.02. The second kappa shape index (κ2) is 8.24. The maximum atomic E-state index is 4.21. The van der Waals surface area contributed by atoms with Crippen LogP contribution in [0.4, 0.5) is 0 Å². The number of aryl methyl sites for hydroxylation is 2. The van der Waals surface area contributed by atoms with Gasteiger partial charge in [0, 0.05) is 33.1 Å². The van der Waals surface area contributed by atoms with E-state index in [-0.39, 0.29) is 4.75 Å². The van der Waals surface area contributed by atoms with Crippen molar-refractivity contribution < 1.29 is 0 Å². The van der Waals surface area contributed by atoms with Gasteiger partial charge in [-0.15, -0.1) is 11.8 Å². The van der Waals surface area contributed by atoms with Gasteiger partial charge in [-0.2, -0.15) is 0 Å². The second-order valence-electron chi connectivity index (χ2n) is 6.68. The van der Waals surface area contributed by atoms with E-state index in [2.05, 4.69) is 94.1 Å². The van der Waals surface area contributed by atoms with E-state index >= 15 is 0 Å². The van der Waals surface area contributed by atoms with Crippen molar-refractivity contribution in [2.24, 2.45) is 0 Å². The summed E-state index contributed by atoms with van der Waals surface area (Å²) in [6.07, 6.45) is 7.99. The van der Waals surface area contributed by atoms with Crippen LogP contribution >= 0.6 is 27.7 Å². The van der Waals surface area contributed by atoms with Crippen molar-refractivity contribution in [2.75, 3.05) is 0 Å². The third-order valence-corrected chi connectivity index (χ3v) is 6.41. The van der Waals surface area contributed by atoms with Gasteiger partial charge in [0.2, 0.25) is 0 Å². The minimum Gasteiger partial charge on any atom is -0.336 e. The number of thioether (sulfide) groups is 1. The van der Waals surface area contributed by atoms with Crippen molar-refractivity contribution in [1.29, 1.82) is 0 Å². The summed E-state index contributed by atoms with van der Waals surface area (Å²) in [5.74, 6) is 0. The predicted octanol–water partition coefficient (Wildman–Crippen LogP) is 6.14. The van der Waals surface area contributed by atoms with Gasteiger partial charge in [-0.25, -0.2) is 4.98 Å². The fourth-order valence-corrected chi connectivity index (χ4v) is 4.51. The quantitative estimate of drug-likeness (QED) is 0.432. The van der Waals surface area contributed by atoms with E-state index in [1.165, 1.54) is 16.0 Å². The molecule has 0 saturated carbocycles. The van der Waals surface area contributed by atoms with Crippen molar-refractivity contribution in [2.45, 2.75) is 42.9 Å². The lowest BCUT2D eigenvalue weighted by molar-refractivity contribution is 0.495. The molecule has 0 spiro atoms. The number of hydrogen-bond donors (Lipinski definition) is 0. The number of halogens is 1. The normalized spacial score (nSPS) is 13.6. The fourth-order valence-electron chi connectivity index (χ4n) is 2.93. The van der Waals surface area contributed by atoms with Gasteiger partial charge in [0.25, 0.3) is 0 Å². The zero-order valence-electron chi connectivity index (χ0n) is 14.7. The number of nitrogens with zero attached hydrogens (tertiary/aromatic N) is 2. The Hall–Kier alpha value is -1.52. The Balaban J connectivity index is 1.78. The first-order valence-corrected chi connectivity index (χ1v) is 10.1. The average Bonchev–Trinajstić information content (AvgIpc) is 3.09. The SMILES string of the molecule is Cc1ccccc1SC(C)(CCc1ccc(Br)cc1)Cn1ccnc1. The Morgan fingerprint density at radius 1 is 1.12 bits per heavy atom. The van der Waals surface area contributed by atoms with Crippen molar-refractivity contribution >= 4 is 27.7 Å². The van der Waals surface area contributed by atoms with E-state index in [9.17, 15) is 0 Å². The van der Waals surface area contributed by atoms with E-state index in [1.54, 1.807) is 0 Å². The minimum atomic E-state index is 0.0971. The van der Waals surface area contributed by atoms with Crippen molar-refractivity contribution in [3.63, 3.8) is 0 Å². The zero-order chi connectivity index (χ0) is 17.7. The summed E-state index contributed by atoms with van der Waals surface area (Å²) in [5.41, 5.74) is 2.72. The molecule has 4 heteroatoms. The van der Waals surface area contributed by atoms with E-state index in [1.807, 2.05) is 24.3 Å². The van der Waals surface area contributed by atoms with Gasteiger partial charge >= 0.3 is 0 Å². The van der Waals surface area contributed by atoms with Gasteiger partial charge in [0.15, 0.2) is 0 Å². The molecular formula is C21H23BrN2S. The van der Waals surface area contributed by atoms with Crippen molar-refractivity contribution in [3.8, 4) is 0 Å². The molecule has 2 nitrogen and oxygen atoms in total. The molecule has 0 fully saturated rings. The first kappa shape index (κ1) is 18.3. The van der Waals surface area contributed by atoms with Gasteiger partial charge in [-0.1, -0.05) is 46.3 Å². The largest absolute Gasteiger partial charge is 0.336 e. The predicted molar refractivity (Wildman–Crippen MR) is 110 cm³/mol. The molecule has 0 saturated heterocycles. The van der Waals surface area contributed by atoms with E-state index < -0.39 is 0 Å². The maximum absolute atomic E-state index is 4.21. The maximum Gasteiger partial charge on any atom is 0.0946 e. The topological polar surface area (TPSA) is 17.8 Å². The monoisotopic (exact) mass is 414 g/mol. The van der Waals surface area contributed by atoms with E-state index in [0.717, 1.165) is 23.9 Å². The first-order valence-electron chi connectivity index (χ1n) is 8.49. The number of imidazole rings is 1. The van der Waals surface area contributed by atoms with Crippen LogP contribution in [0.15, 0.2) is 76.6 Å². The molecule has 3 rings (SSSR count). The zero-order valence-corrected chi connectivity index (χ0v) is 17.1. The molecule has 0 aliphatic carbocycles. The van der Waals surface area contributed by atoms with Gasteiger partial charge in [-0.3, -0.25) is 0 Å². The lowest BCUT2D eigenvalue weighted by atomic mass is 10.00. The van der Waals surface area contributed by atoms with Gasteiger partial charge in [0.05, 0.1) is 6.33 Å². The lowest BCUT2D eigenvalue weighted by Crippen LogP contribution is -2.27. The molecule has 3 aromatic rings. The Labute approximate surface area is 162 Å². The number of rotatable bonds is 7. The highest BCUT2D eigenvalue weighted by Crippen LogP contribution is 2.39. The smallest absolute Gasteiger partial charge is 0.0946 e. The highest BCUT2D eigenvalue weighted by Gasteiger charge is 2.27. The molecule has 0 radical (unpaired) electrons. The van der Waals surface area contributed by atoms with Crippen LogP contribution in [0.5, 0.6) is 0 Å². The molecule has 0 bridgehead atoms. The molecule has 0 aliphatic rings. The molecule has 0 aliphatic heterocycles. The van der Waals surface area contributed by atoms with Crippen LogP contribution < -0.4 is 0 Å². The average molecular weight is 415 g/mol. The highest BCUT2D eigenvalue weighted by atomic mass is 79.9. The first-order chi connectivity index (χ1) is 12.0. The molecular weight excluding hydrogens is 392 g/mol. The summed E-state index contributed by atoms with van der Waals surface area (Å²) >= 11 is 5.49.